The number of rotatable bonds is 3. The number of carbonyl (C=O) groups excluding carboxylic acids is 1. The SMILES string of the molecule is Cc1ccc(F)cc1[C@@H](N)CC(N)=O. The van der Waals surface area contributed by atoms with Crippen LogP contribution in [-0.4, -0.2) is 5.91 Å². The van der Waals surface area contributed by atoms with Crippen LogP contribution < -0.4 is 11.5 Å². The van der Waals surface area contributed by atoms with Gasteiger partial charge in [0, 0.05) is 12.5 Å². The molecule has 1 aromatic carbocycles. The summed E-state index contributed by atoms with van der Waals surface area (Å²) in [4.78, 5) is 10.6. The summed E-state index contributed by atoms with van der Waals surface area (Å²) in [5, 5.41) is 0. The normalized spacial score (nSPS) is 12.5. The van der Waals surface area contributed by atoms with Gasteiger partial charge < -0.3 is 11.5 Å². The number of amides is 1. The summed E-state index contributed by atoms with van der Waals surface area (Å²) >= 11 is 0. The third-order valence-electron chi connectivity index (χ3n) is 2.06. The number of hydrogen-bond donors (Lipinski definition) is 2. The van der Waals surface area contributed by atoms with Crippen molar-refractivity contribution in [2.45, 2.75) is 19.4 Å². The van der Waals surface area contributed by atoms with Gasteiger partial charge in [-0.2, -0.15) is 0 Å². The first-order chi connectivity index (χ1) is 6.50. The third-order valence-corrected chi connectivity index (χ3v) is 2.06. The van der Waals surface area contributed by atoms with Crippen LogP contribution in [-0.2, 0) is 4.79 Å². The Morgan fingerprint density at radius 2 is 2.21 bits per heavy atom. The average Bonchev–Trinajstić information content (AvgIpc) is 2.08. The van der Waals surface area contributed by atoms with Crippen molar-refractivity contribution in [1.82, 2.24) is 0 Å². The van der Waals surface area contributed by atoms with Gasteiger partial charge in [-0.05, 0) is 30.2 Å². The van der Waals surface area contributed by atoms with Crippen molar-refractivity contribution >= 4 is 5.91 Å². The van der Waals surface area contributed by atoms with Gasteiger partial charge in [0.1, 0.15) is 5.82 Å². The summed E-state index contributed by atoms with van der Waals surface area (Å²) in [7, 11) is 0. The van der Waals surface area contributed by atoms with Gasteiger partial charge in [0.2, 0.25) is 5.91 Å². The van der Waals surface area contributed by atoms with Crippen LogP contribution in [0.2, 0.25) is 0 Å². The fourth-order valence-corrected chi connectivity index (χ4v) is 1.34. The standard InChI is InChI=1S/C10H13FN2O/c1-6-2-3-7(11)4-8(6)9(12)5-10(13)14/h2-4,9H,5,12H2,1H3,(H2,13,14)/t9-/m0/s1. The topological polar surface area (TPSA) is 69.1 Å². The number of aryl methyl sites for hydroxylation is 1. The summed E-state index contributed by atoms with van der Waals surface area (Å²) in [6, 6.07) is 3.80. The Balaban J connectivity index is 2.93. The molecule has 0 saturated heterocycles. The molecule has 0 aliphatic heterocycles. The van der Waals surface area contributed by atoms with Crippen LogP contribution in [0.1, 0.15) is 23.6 Å². The molecule has 0 heterocycles. The van der Waals surface area contributed by atoms with Gasteiger partial charge in [-0.15, -0.1) is 0 Å². The number of benzene rings is 1. The van der Waals surface area contributed by atoms with E-state index < -0.39 is 11.9 Å². The molecule has 0 aliphatic carbocycles. The minimum Gasteiger partial charge on any atom is -0.370 e. The smallest absolute Gasteiger partial charge is 0.219 e. The van der Waals surface area contributed by atoms with Crippen molar-refractivity contribution in [3.63, 3.8) is 0 Å². The van der Waals surface area contributed by atoms with E-state index in [2.05, 4.69) is 0 Å². The van der Waals surface area contributed by atoms with Crippen LogP contribution >= 0.6 is 0 Å². The van der Waals surface area contributed by atoms with E-state index in [0.717, 1.165) is 5.56 Å². The molecule has 0 radical (unpaired) electrons. The van der Waals surface area contributed by atoms with Crippen molar-refractivity contribution in [3.05, 3.63) is 35.1 Å². The molecule has 0 aromatic heterocycles. The van der Waals surface area contributed by atoms with Crippen LogP contribution in [0.4, 0.5) is 4.39 Å². The van der Waals surface area contributed by atoms with Gasteiger partial charge >= 0.3 is 0 Å². The largest absolute Gasteiger partial charge is 0.370 e. The Morgan fingerprint density at radius 3 is 2.79 bits per heavy atom. The molecule has 76 valence electrons. The van der Waals surface area contributed by atoms with Gasteiger partial charge in [0.15, 0.2) is 0 Å². The van der Waals surface area contributed by atoms with E-state index in [1.807, 2.05) is 6.92 Å². The fourth-order valence-electron chi connectivity index (χ4n) is 1.34. The predicted octanol–water partition coefficient (Wildman–Crippen LogP) is 1.01. The molecule has 0 fully saturated rings. The monoisotopic (exact) mass is 196 g/mol. The highest BCUT2D eigenvalue weighted by Gasteiger charge is 2.12. The lowest BCUT2D eigenvalue weighted by Crippen LogP contribution is -2.21. The summed E-state index contributed by atoms with van der Waals surface area (Å²) in [6.07, 6.45) is 0.0320. The minimum atomic E-state index is -0.525. The molecule has 4 heteroatoms. The Labute approximate surface area is 81.9 Å². The molecule has 0 bridgehead atoms. The van der Waals surface area contributed by atoms with Crippen molar-refractivity contribution in [3.8, 4) is 0 Å². The second-order valence-corrected chi connectivity index (χ2v) is 3.28. The molecule has 0 spiro atoms. The van der Waals surface area contributed by atoms with Crippen LogP contribution in [0.5, 0.6) is 0 Å². The highest BCUT2D eigenvalue weighted by molar-refractivity contribution is 5.74. The third kappa shape index (κ3) is 2.53. The summed E-state index contributed by atoms with van der Waals surface area (Å²) in [5.41, 5.74) is 12.2. The van der Waals surface area contributed by atoms with E-state index in [-0.39, 0.29) is 12.2 Å². The maximum absolute atomic E-state index is 12.9. The first-order valence-corrected chi connectivity index (χ1v) is 4.30. The van der Waals surface area contributed by atoms with Crippen molar-refractivity contribution in [1.29, 1.82) is 0 Å². The van der Waals surface area contributed by atoms with E-state index in [0.29, 0.717) is 5.56 Å². The number of carbonyl (C=O) groups is 1. The Bertz CT molecular complexity index is 352. The highest BCUT2D eigenvalue weighted by Crippen LogP contribution is 2.19. The van der Waals surface area contributed by atoms with E-state index in [1.165, 1.54) is 12.1 Å². The molecule has 1 amide bonds. The second kappa shape index (κ2) is 4.19. The molecule has 4 N–H and O–H groups in total. The van der Waals surface area contributed by atoms with Crippen LogP contribution in [0, 0.1) is 12.7 Å². The zero-order valence-electron chi connectivity index (χ0n) is 7.96. The lowest BCUT2D eigenvalue weighted by atomic mass is 9.99. The van der Waals surface area contributed by atoms with Crippen LogP contribution in [0.15, 0.2) is 18.2 Å². The maximum Gasteiger partial charge on any atom is 0.219 e. The van der Waals surface area contributed by atoms with Gasteiger partial charge in [-0.1, -0.05) is 6.07 Å². The predicted molar refractivity (Wildman–Crippen MR) is 51.9 cm³/mol. The molecule has 1 atom stereocenters. The molecular formula is C10H13FN2O. The molecule has 0 unspecified atom stereocenters. The molecular weight excluding hydrogens is 183 g/mol. The minimum absolute atomic E-state index is 0.0320. The van der Waals surface area contributed by atoms with Crippen molar-refractivity contribution in [2.24, 2.45) is 11.5 Å². The van der Waals surface area contributed by atoms with E-state index >= 15 is 0 Å². The van der Waals surface area contributed by atoms with Gasteiger partial charge in [0.05, 0.1) is 0 Å². The highest BCUT2D eigenvalue weighted by atomic mass is 19.1. The molecule has 0 aliphatic rings. The lowest BCUT2D eigenvalue weighted by Gasteiger charge is -2.12. The number of hydrogen-bond acceptors (Lipinski definition) is 2. The molecule has 0 saturated carbocycles. The van der Waals surface area contributed by atoms with Crippen molar-refractivity contribution in [2.75, 3.05) is 0 Å². The fraction of sp³-hybridized carbons (Fsp3) is 0.300. The number of primary amides is 1. The zero-order chi connectivity index (χ0) is 10.7. The van der Waals surface area contributed by atoms with E-state index in [9.17, 15) is 9.18 Å². The Kier molecular flexibility index (Phi) is 3.19. The van der Waals surface area contributed by atoms with Gasteiger partial charge in [-0.3, -0.25) is 4.79 Å². The summed E-state index contributed by atoms with van der Waals surface area (Å²) < 4.78 is 12.9. The number of halogens is 1. The zero-order valence-corrected chi connectivity index (χ0v) is 7.96. The van der Waals surface area contributed by atoms with Gasteiger partial charge in [0.25, 0.3) is 0 Å². The lowest BCUT2D eigenvalue weighted by molar-refractivity contribution is -0.118. The first kappa shape index (κ1) is 10.7. The molecule has 1 aromatic rings. The van der Waals surface area contributed by atoms with Crippen LogP contribution in [0.3, 0.4) is 0 Å². The Hall–Kier alpha value is -1.42. The molecule has 1 rings (SSSR count). The second-order valence-electron chi connectivity index (χ2n) is 3.28. The number of nitrogens with two attached hydrogens (primary N) is 2. The van der Waals surface area contributed by atoms with E-state index in [1.54, 1.807) is 6.07 Å². The van der Waals surface area contributed by atoms with Gasteiger partial charge in [-0.25, -0.2) is 4.39 Å². The first-order valence-electron chi connectivity index (χ1n) is 4.30. The quantitative estimate of drug-likeness (QED) is 0.757. The molecule has 3 nitrogen and oxygen atoms in total. The van der Waals surface area contributed by atoms with Crippen molar-refractivity contribution < 1.29 is 9.18 Å². The average molecular weight is 196 g/mol. The Morgan fingerprint density at radius 1 is 1.57 bits per heavy atom. The molecule has 14 heavy (non-hydrogen) atoms. The van der Waals surface area contributed by atoms with Crippen LogP contribution in [0.25, 0.3) is 0 Å². The summed E-state index contributed by atoms with van der Waals surface area (Å²) in [6.45, 7) is 1.82. The van der Waals surface area contributed by atoms with E-state index in [4.69, 9.17) is 11.5 Å². The maximum atomic E-state index is 12.9. The summed E-state index contributed by atoms with van der Waals surface area (Å²) in [5.74, 6) is -0.841.